The summed E-state index contributed by atoms with van der Waals surface area (Å²) in [5, 5.41) is 2.90. The molecule has 5 nitrogen and oxygen atoms in total. The molecular formula is C25H30N2O3. The Labute approximate surface area is 178 Å². The number of hydrogen-bond donors (Lipinski definition) is 1. The molecule has 5 heteroatoms. The second kappa shape index (κ2) is 11.2. The molecule has 0 saturated carbocycles. The van der Waals surface area contributed by atoms with Crippen molar-refractivity contribution in [3.8, 4) is 5.75 Å². The summed E-state index contributed by atoms with van der Waals surface area (Å²) in [6.07, 6.45) is 2.01. The van der Waals surface area contributed by atoms with Crippen LogP contribution in [0.3, 0.4) is 0 Å². The zero-order valence-electron chi connectivity index (χ0n) is 17.8. The van der Waals surface area contributed by atoms with Crippen LogP contribution < -0.4 is 10.1 Å². The van der Waals surface area contributed by atoms with Gasteiger partial charge in [-0.3, -0.25) is 9.69 Å². The summed E-state index contributed by atoms with van der Waals surface area (Å²) >= 11 is 0. The van der Waals surface area contributed by atoms with Gasteiger partial charge in [-0.15, -0.1) is 0 Å². The van der Waals surface area contributed by atoms with Crippen LogP contribution in [-0.2, 0) is 19.6 Å². The molecule has 0 radical (unpaired) electrons. The highest BCUT2D eigenvalue weighted by Gasteiger charge is 2.14. The van der Waals surface area contributed by atoms with Crippen LogP contribution >= 0.6 is 0 Å². The third-order valence-electron chi connectivity index (χ3n) is 4.87. The first-order valence-electron chi connectivity index (χ1n) is 10.4. The van der Waals surface area contributed by atoms with Crippen molar-refractivity contribution in [2.24, 2.45) is 0 Å². The number of carbonyl (C=O) groups excluding carboxylic acids is 1. The Kier molecular flexibility index (Phi) is 8.10. The molecule has 158 valence electrons. The lowest BCUT2D eigenvalue weighted by atomic mass is 10.1. The monoisotopic (exact) mass is 406 g/mol. The lowest BCUT2D eigenvalue weighted by Gasteiger charge is -2.22. The Morgan fingerprint density at radius 3 is 2.50 bits per heavy atom. The average Bonchev–Trinajstić information content (AvgIpc) is 3.23. The van der Waals surface area contributed by atoms with Crippen molar-refractivity contribution in [3.05, 3.63) is 89.4 Å². The molecule has 0 fully saturated rings. The molecule has 1 heterocycles. The number of furan rings is 1. The van der Waals surface area contributed by atoms with E-state index < -0.39 is 0 Å². The molecule has 0 aliphatic rings. The molecule has 0 spiro atoms. The van der Waals surface area contributed by atoms with Crippen LogP contribution in [0.15, 0.2) is 71.1 Å². The first-order chi connectivity index (χ1) is 14.7. The fourth-order valence-corrected chi connectivity index (χ4v) is 3.31. The third kappa shape index (κ3) is 6.49. The highest BCUT2D eigenvalue weighted by Crippen LogP contribution is 2.19. The fraction of sp³-hybridized carbons (Fsp3) is 0.320. The lowest BCUT2D eigenvalue weighted by molar-refractivity contribution is 0.0921. The van der Waals surface area contributed by atoms with E-state index in [4.69, 9.17) is 9.15 Å². The van der Waals surface area contributed by atoms with Gasteiger partial charge in [0.25, 0.3) is 5.91 Å². The number of amides is 1. The summed E-state index contributed by atoms with van der Waals surface area (Å²) < 4.78 is 11.2. The van der Waals surface area contributed by atoms with Crippen LogP contribution in [0.2, 0.25) is 0 Å². The summed E-state index contributed by atoms with van der Waals surface area (Å²) in [5.74, 6) is 1.82. The van der Waals surface area contributed by atoms with Crippen LogP contribution in [-0.4, -0.2) is 24.5 Å². The normalized spacial score (nSPS) is 10.9. The molecule has 3 rings (SSSR count). The summed E-state index contributed by atoms with van der Waals surface area (Å²) in [4.78, 5) is 14.5. The number of unbranched alkanes of at least 4 members (excludes halogenated alkanes) is 1. The number of rotatable bonds is 11. The number of methoxy groups -OCH3 is 1. The van der Waals surface area contributed by atoms with Gasteiger partial charge in [0.1, 0.15) is 11.5 Å². The first kappa shape index (κ1) is 21.7. The third-order valence-corrected chi connectivity index (χ3v) is 4.87. The molecule has 0 aliphatic carbocycles. The Balaban J connectivity index is 1.71. The van der Waals surface area contributed by atoms with Crippen molar-refractivity contribution in [2.75, 3.05) is 13.7 Å². The molecule has 3 aromatic rings. The van der Waals surface area contributed by atoms with Gasteiger partial charge in [0, 0.05) is 19.6 Å². The van der Waals surface area contributed by atoms with E-state index in [0.29, 0.717) is 18.8 Å². The van der Waals surface area contributed by atoms with Gasteiger partial charge in [-0.25, -0.2) is 0 Å². The summed E-state index contributed by atoms with van der Waals surface area (Å²) in [5.41, 5.74) is 2.39. The minimum atomic E-state index is -0.155. The van der Waals surface area contributed by atoms with Gasteiger partial charge >= 0.3 is 0 Å². The Hall–Kier alpha value is -3.05. The van der Waals surface area contributed by atoms with Crippen LogP contribution in [0.4, 0.5) is 0 Å². The van der Waals surface area contributed by atoms with Crippen molar-refractivity contribution in [3.63, 3.8) is 0 Å². The number of hydrogen-bond acceptors (Lipinski definition) is 4. The number of ether oxygens (including phenoxy) is 1. The maximum Gasteiger partial charge on any atom is 0.286 e. The van der Waals surface area contributed by atoms with Crippen molar-refractivity contribution < 1.29 is 13.9 Å². The smallest absolute Gasteiger partial charge is 0.286 e. The molecule has 30 heavy (non-hydrogen) atoms. The zero-order chi connectivity index (χ0) is 21.2. The summed E-state index contributed by atoms with van der Waals surface area (Å²) in [7, 11) is 1.68. The van der Waals surface area contributed by atoms with E-state index in [2.05, 4.69) is 35.3 Å². The number of nitrogens with zero attached hydrogens (tertiary/aromatic N) is 1. The van der Waals surface area contributed by atoms with E-state index in [1.807, 2.05) is 42.5 Å². The van der Waals surface area contributed by atoms with Gasteiger partial charge in [0.15, 0.2) is 5.76 Å². The maximum absolute atomic E-state index is 12.2. The second-order valence-corrected chi connectivity index (χ2v) is 7.36. The number of carbonyl (C=O) groups is 1. The van der Waals surface area contributed by atoms with E-state index in [0.717, 1.165) is 43.0 Å². The van der Waals surface area contributed by atoms with Crippen molar-refractivity contribution in [1.29, 1.82) is 0 Å². The van der Waals surface area contributed by atoms with Crippen molar-refractivity contribution in [1.82, 2.24) is 10.2 Å². The quantitative estimate of drug-likeness (QED) is 0.454. The molecule has 1 aromatic heterocycles. The maximum atomic E-state index is 12.2. The standard InChI is InChI=1S/C25H30N2O3/c1-3-4-15-26-25(28)24-14-13-23(30-24)19-27(17-20-9-6-5-7-10-20)18-21-11-8-12-22(16-21)29-2/h5-14,16H,3-4,15,17-19H2,1-2H3,(H,26,28). The highest BCUT2D eigenvalue weighted by atomic mass is 16.5. The Morgan fingerprint density at radius 1 is 0.967 bits per heavy atom. The molecule has 0 atom stereocenters. The Morgan fingerprint density at radius 2 is 1.73 bits per heavy atom. The predicted molar refractivity (Wildman–Crippen MR) is 118 cm³/mol. The minimum Gasteiger partial charge on any atom is -0.497 e. The Bertz CT molecular complexity index is 921. The van der Waals surface area contributed by atoms with Crippen LogP contribution in [0, 0.1) is 0 Å². The van der Waals surface area contributed by atoms with Crippen LogP contribution in [0.25, 0.3) is 0 Å². The molecule has 1 amide bonds. The molecule has 0 bridgehead atoms. The van der Waals surface area contributed by atoms with Gasteiger partial charge in [-0.05, 0) is 41.8 Å². The van der Waals surface area contributed by atoms with E-state index in [1.54, 1.807) is 13.2 Å². The van der Waals surface area contributed by atoms with E-state index in [1.165, 1.54) is 5.56 Å². The summed E-state index contributed by atoms with van der Waals surface area (Å²) in [6, 6.07) is 22.1. The van der Waals surface area contributed by atoms with Gasteiger partial charge in [-0.2, -0.15) is 0 Å². The second-order valence-electron chi connectivity index (χ2n) is 7.36. The van der Waals surface area contributed by atoms with Gasteiger partial charge in [0.05, 0.1) is 13.7 Å². The van der Waals surface area contributed by atoms with E-state index in [9.17, 15) is 4.79 Å². The molecule has 1 N–H and O–H groups in total. The first-order valence-corrected chi connectivity index (χ1v) is 10.4. The zero-order valence-corrected chi connectivity index (χ0v) is 17.8. The van der Waals surface area contributed by atoms with Gasteiger partial charge < -0.3 is 14.5 Å². The SMILES string of the molecule is CCCCNC(=O)c1ccc(CN(Cc2ccccc2)Cc2cccc(OC)c2)o1. The minimum absolute atomic E-state index is 0.155. The molecule has 0 aliphatic heterocycles. The van der Waals surface area contributed by atoms with E-state index in [-0.39, 0.29) is 5.91 Å². The molecule has 0 saturated heterocycles. The average molecular weight is 407 g/mol. The number of benzene rings is 2. The molecule has 0 unspecified atom stereocenters. The van der Waals surface area contributed by atoms with Crippen LogP contribution in [0.5, 0.6) is 5.75 Å². The predicted octanol–water partition coefficient (Wildman–Crippen LogP) is 5.02. The lowest BCUT2D eigenvalue weighted by Crippen LogP contribution is -2.24. The number of nitrogens with one attached hydrogen (secondary N) is 1. The highest BCUT2D eigenvalue weighted by molar-refractivity contribution is 5.91. The van der Waals surface area contributed by atoms with E-state index >= 15 is 0 Å². The fourth-order valence-electron chi connectivity index (χ4n) is 3.31. The largest absolute Gasteiger partial charge is 0.497 e. The van der Waals surface area contributed by atoms with Gasteiger partial charge in [-0.1, -0.05) is 55.8 Å². The van der Waals surface area contributed by atoms with Crippen LogP contribution in [0.1, 0.15) is 47.2 Å². The van der Waals surface area contributed by atoms with Crippen molar-refractivity contribution in [2.45, 2.75) is 39.4 Å². The van der Waals surface area contributed by atoms with Gasteiger partial charge in [0.2, 0.25) is 0 Å². The molecule has 2 aromatic carbocycles. The molecular weight excluding hydrogens is 376 g/mol. The summed E-state index contributed by atoms with van der Waals surface area (Å²) in [6.45, 7) is 4.89. The van der Waals surface area contributed by atoms with Crippen molar-refractivity contribution >= 4 is 5.91 Å². The topological polar surface area (TPSA) is 54.7 Å².